The maximum atomic E-state index is 13.5. The maximum Gasteiger partial charge on any atom is 0.315 e. The van der Waals surface area contributed by atoms with E-state index in [9.17, 15) is 28.8 Å². The number of para-hydroxylation sites is 1. The minimum Gasteiger partial charge on any atom is -0.379 e. The van der Waals surface area contributed by atoms with Crippen LogP contribution in [0.4, 0.5) is 4.79 Å². The Bertz CT molecular complexity index is 2260. The van der Waals surface area contributed by atoms with Crippen molar-refractivity contribution < 1.29 is 66.7 Å². The van der Waals surface area contributed by atoms with Crippen molar-refractivity contribution in [2.24, 2.45) is 38.7 Å². The van der Waals surface area contributed by atoms with Gasteiger partial charge in [-0.3, -0.25) is 34.0 Å². The second-order valence-electron chi connectivity index (χ2n) is 19.7. The number of carbonyl (C=O) groups is 6. The smallest absolute Gasteiger partial charge is 0.315 e. The molecule has 2 saturated heterocycles. The number of Topliss-reactive ketones (excluding diaryl/α,β-unsaturated/α-hetero) is 1. The molecule has 468 valence electrons. The molecule has 0 radical (unpaired) electrons. The van der Waals surface area contributed by atoms with E-state index in [1.165, 1.54) is 0 Å². The van der Waals surface area contributed by atoms with Gasteiger partial charge in [-0.15, -0.1) is 0 Å². The molecule has 29 heteroatoms. The fourth-order valence-corrected chi connectivity index (χ4v) is 10.3. The summed E-state index contributed by atoms with van der Waals surface area (Å²) < 4.78 is 44.5. The van der Waals surface area contributed by atoms with Gasteiger partial charge in [-0.1, -0.05) is 24.6 Å². The number of rotatable bonds is 50. The van der Waals surface area contributed by atoms with E-state index in [1.54, 1.807) is 6.20 Å². The third-order valence-corrected chi connectivity index (χ3v) is 14.6. The molecule has 0 bridgehead atoms. The third-order valence-electron chi connectivity index (χ3n) is 13.1. The third kappa shape index (κ3) is 31.0. The van der Waals surface area contributed by atoms with Crippen LogP contribution in [0, 0.1) is 0 Å². The van der Waals surface area contributed by atoms with E-state index in [-0.39, 0.29) is 87.9 Å². The Kier molecular flexibility index (Phi) is 35.9. The number of guanidine groups is 2. The summed E-state index contributed by atoms with van der Waals surface area (Å²) in [7, 11) is 0. The van der Waals surface area contributed by atoms with Crippen molar-refractivity contribution in [3.05, 3.63) is 36.0 Å². The number of urea groups is 1. The molecule has 2 fully saturated rings. The molecule has 0 unspecified atom stereocenters. The van der Waals surface area contributed by atoms with Crippen LogP contribution in [0.2, 0.25) is 0 Å². The summed E-state index contributed by atoms with van der Waals surface area (Å²) in [5.74, 6) is -1.29. The van der Waals surface area contributed by atoms with Crippen LogP contribution in [0.5, 0.6) is 0 Å². The summed E-state index contributed by atoms with van der Waals surface area (Å²) in [6.07, 6.45) is 7.79. The number of ketones is 1. The Labute approximate surface area is 490 Å². The molecule has 3 heterocycles. The average molecular weight is 1190 g/mol. The number of hydrogen-bond acceptors (Lipinski definition) is 18. The molecule has 17 N–H and O–H groups in total. The largest absolute Gasteiger partial charge is 0.379 e. The van der Waals surface area contributed by atoms with Crippen molar-refractivity contribution >= 4 is 70.0 Å². The number of benzene rings is 1. The summed E-state index contributed by atoms with van der Waals surface area (Å²) in [5, 5.41) is 18.1. The van der Waals surface area contributed by atoms with Crippen molar-refractivity contribution in [2.75, 3.05) is 138 Å². The zero-order chi connectivity index (χ0) is 59.7. The van der Waals surface area contributed by atoms with Crippen LogP contribution < -0.4 is 60.6 Å². The first-order chi connectivity index (χ1) is 40.3. The Hall–Kier alpha value is -5.89. The quantitative estimate of drug-likeness (QED) is 0.0156. The van der Waals surface area contributed by atoms with E-state index < -0.39 is 48.3 Å². The standard InChI is InChI=1S/C54H92N14O14S/c55-41(11-5-15-61-52(56)57)49(71)66-43(13-6-16-62-53(58)59)50(72)64-36-47(70)65-44(34-38-35-63-42-12-3-2-10-40(38)42)51(73)60-17-19-76-21-23-78-25-27-80-29-31-82-33-32-81-30-28-79-26-24-77-22-20-75-18-7-9-39(69)8-1-4-14-46-48-45(37-83-46)67-54(74)68-48/h2-3,10,12,35,41,43-46,48,63H,1,4-9,11,13-34,36-37,55H2,(H,60,73)(H,64,72)(H,65,70)(H,66,71)(H4,56,57,61)(H4,58,59,62)(H2,67,68,74)/t41-,43-,44-,45-,46-,48-/m0/s1. The van der Waals surface area contributed by atoms with E-state index in [0.717, 1.165) is 41.5 Å². The van der Waals surface area contributed by atoms with Gasteiger partial charge in [0.15, 0.2) is 11.9 Å². The van der Waals surface area contributed by atoms with Gasteiger partial charge in [-0.05, 0) is 56.6 Å². The predicted molar refractivity (Wildman–Crippen MR) is 314 cm³/mol. The second kappa shape index (κ2) is 42.8. The van der Waals surface area contributed by atoms with Gasteiger partial charge in [0.25, 0.3) is 0 Å². The summed E-state index contributed by atoms with van der Waals surface area (Å²) in [4.78, 5) is 87.9. The van der Waals surface area contributed by atoms with Crippen LogP contribution in [-0.2, 0) is 68.3 Å². The fraction of sp³-hybridized carbons (Fsp3) is 0.704. The normalized spacial score (nSPS) is 16.5. The number of nitrogens with two attached hydrogens (primary N) is 5. The highest BCUT2D eigenvalue weighted by Crippen LogP contribution is 2.33. The van der Waals surface area contributed by atoms with Crippen molar-refractivity contribution in [2.45, 2.75) is 106 Å². The Morgan fingerprint density at radius 2 is 1.16 bits per heavy atom. The number of carbonyl (C=O) groups excluding carboxylic acids is 6. The molecule has 28 nitrogen and oxygen atoms in total. The lowest BCUT2D eigenvalue weighted by Gasteiger charge is -2.21. The number of unbranched alkanes of at least 4 members (excludes halogenated alkanes) is 1. The monoisotopic (exact) mass is 1190 g/mol. The Morgan fingerprint density at radius 1 is 0.614 bits per heavy atom. The van der Waals surface area contributed by atoms with Gasteiger partial charge in [0.1, 0.15) is 17.9 Å². The minimum atomic E-state index is -1.07. The van der Waals surface area contributed by atoms with Gasteiger partial charge in [-0.2, -0.15) is 11.8 Å². The van der Waals surface area contributed by atoms with Crippen LogP contribution in [0.15, 0.2) is 40.4 Å². The summed E-state index contributed by atoms with van der Waals surface area (Å²) >= 11 is 1.90. The van der Waals surface area contributed by atoms with Gasteiger partial charge >= 0.3 is 6.03 Å². The number of aromatic nitrogens is 1. The molecule has 0 spiro atoms. The van der Waals surface area contributed by atoms with E-state index in [4.69, 9.17) is 66.6 Å². The molecule has 1 aromatic heterocycles. The number of aromatic amines is 1. The number of hydrogen-bond donors (Lipinski definition) is 12. The van der Waals surface area contributed by atoms with Gasteiger partial charge in [0.05, 0.1) is 124 Å². The SMILES string of the molecule is NC(N)=NCCC[C@H](NC(=O)[C@@H](N)CCCN=C(N)N)C(=O)NCC(=O)N[C@@H](Cc1c[nH]c2ccccc12)C(=O)NCCOCCOCCOCCOCCOCCOCCOCCOCCCC(=O)CCCC[C@@H]1SC[C@@H]2NC(=O)N[C@@H]21. The van der Waals surface area contributed by atoms with Gasteiger partial charge < -0.3 is 103 Å². The number of fused-ring (bicyclic) bond motifs is 2. The second-order valence-corrected chi connectivity index (χ2v) is 20.9. The molecule has 6 atom stereocenters. The molecule has 6 amide bonds. The maximum absolute atomic E-state index is 13.5. The number of nitrogens with one attached hydrogen (secondary N) is 7. The van der Waals surface area contributed by atoms with Crippen LogP contribution in [-0.4, -0.2) is 225 Å². The first-order valence-corrected chi connectivity index (χ1v) is 29.7. The van der Waals surface area contributed by atoms with Crippen LogP contribution >= 0.6 is 11.8 Å². The Morgan fingerprint density at radius 3 is 1.76 bits per heavy atom. The zero-order valence-corrected chi connectivity index (χ0v) is 48.7. The molecule has 2 aliphatic heterocycles. The van der Waals surface area contributed by atoms with Crippen molar-refractivity contribution in [1.82, 2.24) is 36.9 Å². The van der Waals surface area contributed by atoms with E-state index >= 15 is 0 Å². The number of ether oxygens (including phenoxy) is 8. The minimum absolute atomic E-state index is 0.0657. The molecule has 1 aromatic carbocycles. The van der Waals surface area contributed by atoms with E-state index in [0.29, 0.717) is 130 Å². The molecule has 0 aliphatic carbocycles. The molecular weight excluding hydrogens is 1100 g/mol. The molecular formula is C54H92N14O14S. The van der Waals surface area contributed by atoms with E-state index in [2.05, 4.69) is 46.9 Å². The average Bonchev–Trinajstić information content (AvgIpc) is 4.30. The van der Waals surface area contributed by atoms with Gasteiger partial charge in [-0.25, -0.2) is 4.79 Å². The molecule has 2 aliphatic rings. The van der Waals surface area contributed by atoms with Crippen molar-refractivity contribution in [3.63, 3.8) is 0 Å². The lowest BCUT2D eigenvalue weighted by Crippen LogP contribution is -2.54. The van der Waals surface area contributed by atoms with Crippen LogP contribution in [0.1, 0.15) is 69.8 Å². The molecule has 83 heavy (non-hydrogen) atoms. The predicted octanol–water partition coefficient (Wildman–Crippen LogP) is -1.45. The highest BCUT2D eigenvalue weighted by atomic mass is 32.2. The zero-order valence-electron chi connectivity index (χ0n) is 47.9. The number of aliphatic imine (C=N–C) groups is 2. The van der Waals surface area contributed by atoms with Crippen LogP contribution in [0.3, 0.4) is 0 Å². The first kappa shape index (κ1) is 69.6. The number of H-pyrrole nitrogens is 1. The van der Waals surface area contributed by atoms with Crippen molar-refractivity contribution in [1.29, 1.82) is 0 Å². The topological polar surface area (TPSA) is 419 Å². The highest BCUT2D eigenvalue weighted by Gasteiger charge is 2.42. The lowest BCUT2D eigenvalue weighted by atomic mass is 10.0. The number of thioether (sulfide) groups is 1. The number of nitrogens with zero attached hydrogens (tertiary/aromatic N) is 2. The van der Waals surface area contributed by atoms with Crippen molar-refractivity contribution in [3.8, 4) is 0 Å². The van der Waals surface area contributed by atoms with Gasteiger partial charge in [0, 0.05) is 73.6 Å². The number of amides is 6. The lowest BCUT2D eigenvalue weighted by molar-refractivity contribution is -0.132. The fourth-order valence-electron chi connectivity index (χ4n) is 8.79. The summed E-state index contributed by atoms with van der Waals surface area (Å²) in [6, 6.07) is 4.92. The van der Waals surface area contributed by atoms with Crippen LogP contribution in [0.25, 0.3) is 10.9 Å². The molecule has 4 rings (SSSR count). The summed E-state index contributed by atoms with van der Waals surface area (Å²) in [5.41, 5.74) is 29.3. The first-order valence-electron chi connectivity index (χ1n) is 28.7. The Balaban J connectivity index is 0.950. The molecule has 0 saturated carbocycles. The van der Waals surface area contributed by atoms with E-state index in [1.807, 2.05) is 36.0 Å². The highest BCUT2D eigenvalue weighted by molar-refractivity contribution is 8.00. The summed E-state index contributed by atoms with van der Waals surface area (Å²) in [6.45, 7) is 6.55. The molecule has 2 aromatic rings. The van der Waals surface area contributed by atoms with Gasteiger partial charge in [0.2, 0.25) is 23.6 Å².